The Morgan fingerprint density at radius 1 is 1.28 bits per heavy atom. The highest BCUT2D eigenvalue weighted by Gasteiger charge is 2.39. The molecule has 0 spiro atoms. The van der Waals surface area contributed by atoms with Crippen LogP contribution in [0.15, 0.2) is 35.1 Å². The molecule has 2 aliphatic rings. The highest BCUT2D eigenvalue weighted by atomic mass is 19.1. The molecule has 10 heteroatoms. The molecule has 1 amide bonds. The maximum Gasteiger partial charge on any atom is 0.312 e. The fourth-order valence-electron chi connectivity index (χ4n) is 3.85. The number of nitrogens with zero attached hydrogens (tertiary/aromatic N) is 6. The van der Waals surface area contributed by atoms with Crippen molar-refractivity contribution in [2.24, 2.45) is 0 Å². The van der Waals surface area contributed by atoms with Gasteiger partial charge in [-0.25, -0.2) is 13.9 Å². The number of aromatic nitrogens is 6. The summed E-state index contributed by atoms with van der Waals surface area (Å²) in [6.45, 7) is 0.446. The summed E-state index contributed by atoms with van der Waals surface area (Å²) in [6, 6.07) is 4.32. The van der Waals surface area contributed by atoms with Gasteiger partial charge < -0.3 is 14.3 Å². The van der Waals surface area contributed by atoms with E-state index in [9.17, 15) is 9.18 Å². The highest BCUT2D eigenvalue weighted by molar-refractivity contribution is 5.90. The first-order valence-corrected chi connectivity index (χ1v) is 9.49. The minimum absolute atomic E-state index is 0.0225. The number of imidazole rings is 1. The van der Waals surface area contributed by atoms with Crippen LogP contribution < -0.4 is 0 Å². The molecule has 0 aromatic carbocycles. The fourth-order valence-corrected chi connectivity index (χ4v) is 3.85. The van der Waals surface area contributed by atoms with Crippen LogP contribution in [0.1, 0.15) is 58.5 Å². The van der Waals surface area contributed by atoms with Crippen LogP contribution in [0.2, 0.25) is 0 Å². The smallest absolute Gasteiger partial charge is 0.312 e. The largest absolute Gasteiger partial charge is 0.417 e. The van der Waals surface area contributed by atoms with Crippen molar-refractivity contribution < 1.29 is 13.6 Å². The quantitative estimate of drug-likeness (QED) is 0.572. The number of carbonyl (C=O) groups is 1. The molecule has 9 nitrogen and oxygen atoms in total. The lowest BCUT2D eigenvalue weighted by Gasteiger charge is -2.32. The molecule has 1 fully saturated rings. The Morgan fingerprint density at radius 3 is 3.03 bits per heavy atom. The number of pyridine rings is 1. The molecule has 6 rings (SSSR count). The summed E-state index contributed by atoms with van der Waals surface area (Å²) < 4.78 is 20.7. The predicted octanol–water partition coefficient (Wildman–Crippen LogP) is 2.24. The van der Waals surface area contributed by atoms with Crippen molar-refractivity contribution in [2.75, 3.05) is 6.54 Å². The van der Waals surface area contributed by atoms with E-state index >= 15 is 0 Å². The van der Waals surface area contributed by atoms with E-state index < -0.39 is 6.04 Å². The molecule has 146 valence electrons. The molecule has 0 unspecified atom stereocenters. The number of aromatic amines is 1. The van der Waals surface area contributed by atoms with Gasteiger partial charge in [-0.2, -0.15) is 5.10 Å². The third kappa shape index (κ3) is 2.63. The number of fused-ring (bicyclic) bond motifs is 2. The number of hydrogen-bond donors (Lipinski definition) is 1. The van der Waals surface area contributed by atoms with Crippen LogP contribution in [0.4, 0.5) is 4.39 Å². The van der Waals surface area contributed by atoms with Crippen LogP contribution >= 0.6 is 0 Å². The van der Waals surface area contributed by atoms with Gasteiger partial charge in [0.15, 0.2) is 0 Å². The molecule has 5 heterocycles. The van der Waals surface area contributed by atoms with Crippen LogP contribution in [-0.4, -0.2) is 47.1 Å². The van der Waals surface area contributed by atoms with Gasteiger partial charge in [0, 0.05) is 24.6 Å². The zero-order valence-electron chi connectivity index (χ0n) is 15.2. The number of rotatable bonds is 3. The number of hydrogen-bond acceptors (Lipinski definition) is 6. The number of halogens is 1. The number of H-pyrrole nitrogens is 1. The zero-order valence-corrected chi connectivity index (χ0v) is 15.2. The summed E-state index contributed by atoms with van der Waals surface area (Å²) in [5.74, 6) is 0.0256. The minimum Gasteiger partial charge on any atom is -0.417 e. The lowest BCUT2D eigenvalue weighted by molar-refractivity contribution is 0.0644. The van der Waals surface area contributed by atoms with E-state index in [0.717, 1.165) is 29.7 Å². The topological polar surface area (TPSA) is 105 Å². The Kier molecular flexibility index (Phi) is 3.37. The Balaban J connectivity index is 1.43. The molecule has 0 bridgehead atoms. The van der Waals surface area contributed by atoms with Gasteiger partial charge in [0.1, 0.15) is 11.9 Å². The van der Waals surface area contributed by atoms with E-state index in [2.05, 4.69) is 25.3 Å². The maximum absolute atomic E-state index is 13.6. The molecule has 29 heavy (non-hydrogen) atoms. The number of carbonyl (C=O) groups excluding carboxylic acids is 1. The van der Waals surface area contributed by atoms with Crippen molar-refractivity contribution >= 4 is 11.4 Å². The Morgan fingerprint density at radius 2 is 2.17 bits per heavy atom. The van der Waals surface area contributed by atoms with Crippen molar-refractivity contribution in [3.05, 3.63) is 65.4 Å². The van der Waals surface area contributed by atoms with E-state index in [1.165, 1.54) is 16.8 Å². The van der Waals surface area contributed by atoms with Crippen LogP contribution in [0.3, 0.4) is 0 Å². The summed E-state index contributed by atoms with van der Waals surface area (Å²) in [4.78, 5) is 22.4. The van der Waals surface area contributed by atoms with Gasteiger partial charge in [0.05, 0.1) is 29.4 Å². The molecule has 1 N–H and O–H groups in total. The Bertz CT molecular complexity index is 1240. The van der Waals surface area contributed by atoms with E-state index in [-0.39, 0.29) is 23.5 Å². The predicted molar refractivity (Wildman–Crippen MR) is 96.6 cm³/mol. The molecule has 0 saturated heterocycles. The molecule has 0 radical (unpaired) electrons. The summed E-state index contributed by atoms with van der Waals surface area (Å²) in [7, 11) is 0. The van der Waals surface area contributed by atoms with Crippen LogP contribution in [-0.2, 0) is 6.42 Å². The van der Waals surface area contributed by atoms with Crippen LogP contribution in [0.5, 0.6) is 0 Å². The molecule has 1 aliphatic carbocycles. The van der Waals surface area contributed by atoms with Gasteiger partial charge in [-0.3, -0.25) is 4.79 Å². The SMILES string of the molecule is O=C(c1nnc(C2CC2)o1)N1CCc2[nH]cnc2[C@H]1c1cc2ccc(F)cn2n1. The Labute approximate surface area is 163 Å². The standard InChI is InChI=1S/C19H16FN7O2/c20-11-3-4-12-7-14(25-27(12)8-11)16-15-13(21-9-22-15)5-6-26(16)19(28)18-24-23-17(29-18)10-1-2-10/h3-4,7-10,16H,1-2,5-6H2,(H,21,22)/t16-/m1/s1. The molecule has 4 aromatic rings. The van der Waals surface area contributed by atoms with Crippen LogP contribution in [0.25, 0.3) is 5.52 Å². The number of amides is 1. The zero-order chi connectivity index (χ0) is 19.5. The molecular weight excluding hydrogens is 377 g/mol. The molecular formula is C19H16FN7O2. The van der Waals surface area contributed by atoms with Crippen molar-refractivity contribution in [1.29, 1.82) is 0 Å². The average molecular weight is 393 g/mol. The minimum atomic E-state index is -0.531. The first-order valence-electron chi connectivity index (χ1n) is 9.49. The van der Waals surface area contributed by atoms with E-state index in [4.69, 9.17) is 4.42 Å². The van der Waals surface area contributed by atoms with Gasteiger partial charge in [-0.15, -0.1) is 10.2 Å². The lowest BCUT2D eigenvalue weighted by Crippen LogP contribution is -2.41. The summed E-state index contributed by atoms with van der Waals surface area (Å²) in [6.07, 6.45) is 5.56. The second-order valence-corrected chi connectivity index (χ2v) is 7.42. The van der Waals surface area contributed by atoms with Gasteiger partial charge in [-0.1, -0.05) is 0 Å². The highest BCUT2D eigenvalue weighted by Crippen LogP contribution is 2.39. The molecule has 1 aliphatic heterocycles. The second kappa shape index (κ2) is 5.97. The molecule has 1 saturated carbocycles. The van der Waals surface area contributed by atoms with Gasteiger partial charge in [0.2, 0.25) is 5.89 Å². The van der Waals surface area contributed by atoms with Gasteiger partial charge in [0.25, 0.3) is 0 Å². The normalized spacial score (nSPS) is 18.9. The monoisotopic (exact) mass is 393 g/mol. The Hall–Kier alpha value is -3.56. The molecule has 1 atom stereocenters. The third-order valence-electron chi connectivity index (χ3n) is 5.46. The summed E-state index contributed by atoms with van der Waals surface area (Å²) in [5.41, 5.74) is 2.99. The van der Waals surface area contributed by atoms with E-state index in [1.54, 1.807) is 17.3 Å². The van der Waals surface area contributed by atoms with Gasteiger partial charge >= 0.3 is 11.8 Å². The first-order chi connectivity index (χ1) is 14.2. The third-order valence-corrected chi connectivity index (χ3v) is 5.46. The lowest BCUT2D eigenvalue weighted by atomic mass is 9.99. The molecule has 4 aromatic heterocycles. The van der Waals surface area contributed by atoms with Crippen molar-refractivity contribution in [3.63, 3.8) is 0 Å². The van der Waals surface area contributed by atoms with Crippen molar-refractivity contribution in [2.45, 2.75) is 31.2 Å². The first kappa shape index (κ1) is 16.4. The van der Waals surface area contributed by atoms with Gasteiger partial charge in [-0.05, 0) is 31.0 Å². The van der Waals surface area contributed by atoms with E-state index in [0.29, 0.717) is 24.6 Å². The second-order valence-electron chi connectivity index (χ2n) is 7.42. The maximum atomic E-state index is 13.6. The fraction of sp³-hybridized carbons (Fsp3) is 0.316. The average Bonchev–Trinajstić information content (AvgIpc) is 3.13. The summed E-state index contributed by atoms with van der Waals surface area (Å²) in [5, 5.41) is 12.5. The van der Waals surface area contributed by atoms with Crippen LogP contribution in [0, 0.1) is 5.82 Å². The summed E-state index contributed by atoms with van der Waals surface area (Å²) >= 11 is 0. The van der Waals surface area contributed by atoms with E-state index in [1.807, 2.05) is 6.07 Å². The number of nitrogens with one attached hydrogen (secondary N) is 1. The van der Waals surface area contributed by atoms with Crippen molar-refractivity contribution in [3.8, 4) is 0 Å². The van der Waals surface area contributed by atoms with Crippen molar-refractivity contribution in [1.82, 2.24) is 34.7 Å².